The van der Waals surface area contributed by atoms with E-state index >= 15 is 0 Å². The zero-order valence-electron chi connectivity index (χ0n) is 33.5. The summed E-state index contributed by atoms with van der Waals surface area (Å²) in [6, 6.07) is 0. The van der Waals surface area contributed by atoms with Gasteiger partial charge >= 0.3 is 0 Å². The van der Waals surface area contributed by atoms with Gasteiger partial charge in [-0.1, -0.05) is 46.3 Å². The van der Waals surface area contributed by atoms with Crippen LogP contribution in [-0.2, 0) is 18.9 Å². The first kappa shape index (κ1) is 42.8. The van der Waals surface area contributed by atoms with Crippen molar-refractivity contribution in [1.29, 1.82) is 0 Å². The van der Waals surface area contributed by atoms with Crippen molar-refractivity contribution in [3.05, 3.63) is 11.6 Å². The van der Waals surface area contributed by atoms with Gasteiger partial charge in [-0.15, -0.1) is 0 Å². The molecule has 6 rings (SSSR count). The summed E-state index contributed by atoms with van der Waals surface area (Å²) in [6.07, 6.45) is -7.90. The Labute approximate surface area is 320 Å². The molecule has 4 aliphatic carbocycles. The summed E-state index contributed by atoms with van der Waals surface area (Å²) in [5.74, 6) is -0.513. The van der Waals surface area contributed by atoms with Gasteiger partial charge in [-0.05, 0) is 117 Å². The molecule has 4 saturated carbocycles. The predicted molar refractivity (Wildman–Crippen MR) is 196 cm³/mol. The summed E-state index contributed by atoms with van der Waals surface area (Å²) in [7, 11) is 0. The summed E-state index contributed by atoms with van der Waals surface area (Å²) >= 11 is 0. The Morgan fingerprint density at radius 3 is 2.17 bits per heavy atom. The monoisotopic (exact) mass is 770 g/mol. The van der Waals surface area contributed by atoms with Gasteiger partial charge in [0.05, 0.1) is 37.1 Å². The van der Waals surface area contributed by atoms with E-state index in [4.69, 9.17) is 18.9 Å². The number of fused-ring (bicyclic) bond motifs is 5. The first-order chi connectivity index (χ1) is 25.0. The second-order valence-corrected chi connectivity index (χ2v) is 19.8. The molecule has 2 heterocycles. The van der Waals surface area contributed by atoms with Crippen LogP contribution in [0.4, 0.5) is 0 Å². The van der Waals surface area contributed by atoms with E-state index in [-0.39, 0.29) is 30.3 Å². The predicted octanol–water partition coefficient (Wildman–Crippen LogP) is 1.76. The fraction of sp³-hybridized carbons (Fsp3) is 0.951. The highest BCUT2D eigenvalue weighted by Gasteiger charge is 2.73. The summed E-state index contributed by atoms with van der Waals surface area (Å²) in [6.45, 7) is 16.0. The van der Waals surface area contributed by atoms with Crippen molar-refractivity contribution in [1.82, 2.24) is 0 Å². The van der Waals surface area contributed by atoms with Gasteiger partial charge in [-0.3, -0.25) is 0 Å². The van der Waals surface area contributed by atoms with Crippen LogP contribution in [0, 0.1) is 45.3 Å². The largest absolute Gasteiger partial charge is 0.394 e. The Balaban J connectivity index is 1.38. The number of hydrogen-bond acceptors (Lipinski definition) is 13. The summed E-state index contributed by atoms with van der Waals surface area (Å²) in [4.78, 5) is 0. The number of aliphatic hydroxyl groups excluding tert-OH is 8. The minimum absolute atomic E-state index is 0.0443. The standard InChI is InChI=1S/C41H70O13/c1-20(2)10-9-13-41(8,50)21-11-15-39(6)28(21)22(43)16-26-38(5)14-12-27(45)37(3,4)34(38)24(17-40(26,39)7)52-36-33(31(48)30(47)25(18-42)53-36)54-35-32(49)29(46)23(44)19-51-35/h10,21-36,42-50H,9,11-19H2,1-8H3/t21-,22-,23+,24+,25+,26+,27+,28-,29-,30+,31-,32+,33+,34?,35-,36+,38+,39+,40+,41+/m0/s1. The molecule has 13 heteroatoms. The number of rotatable bonds is 9. The van der Waals surface area contributed by atoms with Gasteiger partial charge in [0.25, 0.3) is 0 Å². The van der Waals surface area contributed by atoms with E-state index in [0.717, 1.165) is 19.3 Å². The van der Waals surface area contributed by atoms with Crippen molar-refractivity contribution in [2.45, 2.75) is 186 Å². The molecule has 0 aromatic rings. The Morgan fingerprint density at radius 1 is 0.833 bits per heavy atom. The van der Waals surface area contributed by atoms with Gasteiger partial charge in [0.1, 0.15) is 42.7 Å². The van der Waals surface area contributed by atoms with Crippen LogP contribution in [0.2, 0.25) is 0 Å². The number of aliphatic hydroxyl groups is 9. The molecule has 1 unspecified atom stereocenters. The van der Waals surface area contributed by atoms with Crippen molar-refractivity contribution in [2.75, 3.05) is 13.2 Å². The minimum atomic E-state index is -1.68. The first-order valence-electron chi connectivity index (χ1n) is 20.4. The third-order valence-corrected chi connectivity index (χ3v) is 16.1. The third-order valence-electron chi connectivity index (χ3n) is 16.1. The van der Waals surface area contributed by atoms with E-state index in [2.05, 4.69) is 40.7 Å². The lowest BCUT2D eigenvalue weighted by molar-refractivity contribution is -0.377. The SMILES string of the molecule is CC(C)=CCC[C@@](C)(O)[C@H]1CC[C@]2(C)[C@@H]1[C@@H](O)C[C@@H]1[C@@]3(C)CC[C@@H](O)C(C)(C)C3[C@H](O[C@@H]3O[C@H](CO)[C@@H](O)[C@H](O)[C@H]3O[C@@H]3OC[C@@H](O)[C@H](O)[C@H]3O)C[C@]12C. The lowest BCUT2D eigenvalue weighted by Crippen LogP contribution is -2.71. The Hall–Kier alpha value is -0.780. The summed E-state index contributed by atoms with van der Waals surface area (Å²) in [5, 5.41) is 99.6. The topological polar surface area (TPSA) is 219 Å². The minimum Gasteiger partial charge on any atom is -0.394 e. The van der Waals surface area contributed by atoms with Gasteiger partial charge in [0.2, 0.25) is 0 Å². The van der Waals surface area contributed by atoms with Gasteiger partial charge < -0.3 is 64.9 Å². The maximum Gasteiger partial charge on any atom is 0.187 e. The molecule has 6 fully saturated rings. The van der Waals surface area contributed by atoms with Crippen molar-refractivity contribution in [3.8, 4) is 0 Å². The smallest absolute Gasteiger partial charge is 0.187 e. The summed E-state index contributed by atoms with van der Waals surface area (Å²) < 4.78 is 24.8. The molecule has 54 heavy (non-hydrogen) atoms. The molecule has 13 nitrogen and oxygen atoms in total. The molecule has 0 aromatic carbocycles. The van der Waals surface area contributed by atoms with Crippen molar-refractivity contribution >= 4 is 0 Å². The zero-order valence-corrected chi connectivity index (χ0v) is 33.5. The van der Waals surface area contributed by atoms with E-state index < -0.39 is 107 Å². The number of hydrogen-bond donors (Lipinski definition) is 9. The van der Waals surface area contributed by atoms with Crippen LogP contribution in [0.3, 0.4) is 0 Å². The molecule has 6 aliphatic rings. The highest BCUT2D eigenvalue weighted by molar-refractivity contribution is 5.22. The quantitative estimate of drug-likeness (QED) is 0.121. The lowest BCUT2D eigenvalue weighted by atomic mass is 9.34. The molecule has 0 aromatic heterocycles. The van der Waals surface area contributed by atoms with Crippen LogP contribution >= 0.6 is 0 Å². The molecule has 0 radical (unpaired) electrons. The molecule has 9 N–H and O–H groups in total. The van der Waals surface area contributed by atoms with Gasteiger partial charge in [-0.2, -0.15) is 0 Å². The van der Waals surface area contributed by atoms with E-state index in [0.29, 0.717) is 32.1 Å². The Kier molecular flexibility index (Phi) is 12.0. The van der Waals surface area contributed by atoms with Crippen LogP contribution in [0.5, 0.6) is 0 Å². The normalized spacial score (nSPS) is 52.8. The lowest BCUT2D eigenvalue weighted by Gasteiger charge is -2.72. The van der Waals surface area contributed by atoms with Gasteiger partial charge in [-0.25, -0.2) is 0 Å². The first-order valence-corrected chi connectivity index (χ1v) is 20.4. The molecule has 2 aliphatic heterocycles. The molecule has 2 saturated heterocycles. The fourth-order valence-electron chi connectivity index (χ4n) is 13.1. The molecule has 20 atom stereocenters. The van der Waals surface area contributed by atoms with Crippen LogP contribution in [0.15, 0.2) is 11.6 Å². The van der Waals surface area contributed by atoms with Crippen LogP contribution in [-0.4, -0.2) is 138 Å². The molecular weight excluding hydrogens is 700 g/mol. The van der Waals surface area contributed by atoms with Gasteiger partial charge in [0.15, 0.2) is 12.6 Å². The van der Waals surface area contributed by atoms with E-state index in [1.165, 1.54) is 5.57 Å². The van der Waals surface area contributed by atoms with E-state index in [9.17, 15) is 46.0 Å². The highest BCUT2D eigenvalue weighted by atomic mass is 16.8. The highest BCUT2D eigenvalue weighted by Crippen LogP contribution is 2.76. The van der Waals surface area contributed by atoms with E-state index in [1.54, 1.807) is 0 Å². The number of allylic oxidation sites excluding steroid dienone is 2. The van der Waals surface area contributed by atoms with Gasteiger partial charge in [0, 0.05) is 0 Å². The molecule has 0 spiro atoms. The second-order valence-electron chi connectivity index (χ2n) is 19.8. The maximum absolute atomic E-state index is 12.2. The van der Waals surface area contributed by atoms with Crippen molar-refractivity contribution < 1.29 is 64.9 Å². The molecule has 0 amide bonds. The van der Waals surface area contributed by atoms with Crippen LogP contribution in [0.1, 0.15) is 107 Å². The number of ether oxygens (including phenoxy) is 4. The molecular formula is C41H70O13. The second kappa shape index (κ2) is 15.1. The Bertz CT molecular complexity index is 1350. The summed E-state index contributed by atoms with van der Waals surface area (Å²) in [5.41, 5.74) is -1.69. The zero-order chi connectivity index (χ0) is 39.9. The van der Waals surface area contributed by atoms with Crippen LogP contribution < -0.4 is 0 Å². The van der Waals surface area contributed by atoms with Crippen molar-refractivity contribution in [3.63, 3.8) is 0 Å². The molecule has 312 valence electrons. The Morgan fingerprint density at radius 2 is 1.52 bits per heavy atom. The van der Waals surface area contributed by atoms with Crippen molar-refractivity contribution in [2.24, 2.45) is 45.3 Å². The van der Waals surface area contributed by atoms with E-state index in [1.807, 2.05) is 20.8 Å². The maximum atomic E-state index is 12.2. The third kappa shape index (κ3) is 6.86. The average Bonchev–Trinajstić information content (AvgIpc) is 3.48. The van der Waals surface area contributed by atoms with Crippen LogP contribution in [0.25, 0.3) is 0 Å². The average molecular weight is 771 g/mol. The fourth-order valence-corrected chi connectivity index (χ4v) is 13.1. The molecule has 0 bridgehead atoms.